The summed E-state index contributed by atoms with van der Waals surface area (Å²) in [5, 5.41) is 30.1. The molecule has 0 aliphatic carbocycles. The van der Waals surface area contributed by atoms with Crippen LogP contribution in [0.3, 0.4) is 0 Å². The first-order valence-corrected chi connectivity index (χ1v) is 20.8. The zero-order chi connectivity index (χ0) is 40.4. The minimum absolute atomic E-state index is 0.116. The van der Waals surface area contributed by atoms with Gasteiger partial charge < -0.3 is 9.13 Å². The highest BCUT2D eigenvalue weighted by atomic mass is 32.1. The largest absolute Gasteiger partial charge is 0.417 e. The number of benzene rings is 8. The second-order valence-corrected chi connectivity index (χ2v) is 17.0. The number of rotatable bonds is 3. The summed E-state index contributed by atoms with van der Waals surface area (Å²) in [6.45, 7) is 0. The van der Waals surface area contributed by atoms with E-state index in [2.05, 4.69) is 69.8 Å². The average Bonchev–Trinajstić information content (AvgIpc) is 4.03. The summed E-state index contributed by atoms with van der Waals surface area (Å²) in [4.78, 5) is 0. The lowest BCUT2D eigenvalue weighted by atomic mass is 9.92. The summed E-state index contributed by atoms with van der Waals surface area (Å²) < 4.78 is 53.8. The Hall–Kier alpha value is -7.43. The zero-order valence-electron chi connectivity index (χ0n) is 31.2. The van der Waals surface area contributed by atoms with E-state index in [0.717, 1.165) is 90.0 Å². The van der Waals surface area contributed by atoms with E-state index in [1.807, 2.05) is 72.8 Å². The summed E-state index contributed by atoms with van der Waals surface area (Å²) >= 11 is 3.30. The number of para-hydroxylation sites is 2. The molecule has 282 valence electrons. The van der Waals surface area contributed by atoms with Crippen molar-refractivity contribution >= 4 is 107 Å². The lowest BCUT2D eigenvalue weighted by molar-refractivity contribution is -0.137. The van der Waals surface area contributed by atoms with Gasteiger partial charge in [-0.25, -0.2) is 0 Å². The first-order valence-electron chi connectivity index (χ1n) is 19.2. The van der Waals surface area contributed by atoms with Crippen LogP contribution in [0.2, 0.25) is 0 Å². The van der Waals surface area contributed by atoms with Crippen molar-refractivity contribution in [1.29, 1.82) is 10.5 Å². The fraction of sp³-hybridized carbons (Fsp3) is 0.0196. The van der Waals surface area contributed by atoms with Gasteiger partial charge in [0.05, 0.1) is 60.0 Å². The molecule has 4 aromatic heterocycles. The van der Waals surface area contributed by atoms with Gasteiger partial charge >= 0.3 is 6.18 Å². The van der Waals surface area contributed by atoms with Crippen molar-refractivity contribution in [2.75, 3.05) is 0 Å². The molecule has 0 bridgehead atoms. The Kier molecular flexibility index (Phi) is 7.23. The Labute approximate surface area is 347 Å². The molecule has 0 fully saturated rings. The number of thiophene rings is 2. The van der Waals surface area contributed by atoms with Gasteiger partial charge in [-0.05, 0) is 54.1 Å². The highest BCUT2D eigenvalue weighted by Gasteiger charge is 2.36. The number of halogens is 3. The smallest absolute Gasteiger partial charge is 0.306 e. The normalized spacial score (nSPS) is 12.2. The van der Waals surface area contributed by atoms with Gasteiger partial charge in [0.25, 0.3) is 0 Å². The molecule has 4 nitrogen and oxygen atoms in total. The molecule has 0 atom stereocenters. The third-order valence-electron chi connectivity index (χ3n) is 11.8. The SMILES string of the molecule is N#Cc1cccc(C(F)(F)F)c1-c1cc(-n2c3ccccc3c3ccc4c5ccccc5sc4c32)c(C#N)c(-n2c3ccccc3c3ccc4c5ccccc5sc4c32)c1. The van der Waals surface area contributed by atoms with Crippen molar-refractivity contribution in [3.63, 3.8) is 0 Å². The maximum absolute atomic E-state index is 15.2. The van der Waals surface area contributed by atoms with Crippen LogP contribution in [-0.4, -0.2) is 9.13 Å². The van der Waals surface area contributed by atoms with E-state index in [1.165, 1.54) is 12.1 Å². The average molecular weight is 815 g/mol. The standard InChI is InChI=1S/C51H25F3N4S2/c52-51(53,54)39-15-9-10-28(26-55)46(39)29-24-42(57-40-16-5-1-11-30(40)34-20-22-36-32-13-3-7-18-44(32)59-49(36)47(34)57)38(27-56)43(25-29)58-41-17-6-2-12-31(41)35-21-23-37-33-14-4-8-19-45(33)60-50(37)48(35)58/h1-25H. The van der Waals surface area contributed by atoms with Crippen LogP contribution in [0.25, 0.3) is 106 Å². The topological polar surface area (TPSA) is 57.4 Å². The van der Waals surface area contributed by atoms with E-state index in [9.17, 15) is 10.5 Å². The molecule has 12 rings (SSSR count). The molecule has 0 aliphatic heterocycles. The van der Waals surface area contributed by atoms with Crippen molar-refractivity contribution in [1.82, 2.24) is 9.13 Å². The van der Waals surface area contributed by atoms with E-state index >= 15 is 13.2 Å². The monoisotopic (exact) mass is 814 g/mol. The Balaban J connectivity index is 1.32. The second-order valence-electron chi connectivity index (χ2n) is 14.9. The molecule has 9 heteroatoms. The molecule has 0 saturated heterocycles. The fourth-order valence-electron chi connectivity index (χ4n) is 9.38. The predicted octanol–water partition coefficient (Wildman–Crippen LogP) is 15.0. The quantitative estimate of drug-likeness (QED) is 0.178. The van der Waals surface area contributed by atoms with Crippen LogP contribution in [0.15, 0.2) is 152 Å². The molecular weight excluding hydrogens is 790 g/mol. The van der Waals surface area contributed by atoms with E-state index in [1.54, 1.807) is 34.8 Å². The molecule has 12 aromatic rings. The number of aromatic nitrogens is 2. The van der Waals surface area contributed by atoms with E-state index in [0.29, 0.717) is 11.4 Å². The third kappa shape index (κ3) is 4.70. The molecular formula is C51H25F3N4S2. The van der Waals surface area contributed by atoms with Gasteiger partial charge in [-0.3, -0.25) is 0 Å². The van der Waals surface area contributed by atoms with Gasteiger partial charge in [-0.15, -0.1) is 22.7 Å². The first-order chi connectivity index (χ1) is 29.3. The van der Waals surface area contributed by atoms with Gasteiger partial charge in [-0.1, -0.05) is 103 Å². The summed E-state index contributed by atoms with van der Waals surface area (Å²) in [7, 11) is 0. The maximum atomic E-state index is 15.2. The van der Waals surface area contributed by atoms with Crippen LogP contribution in [-0.2, 0) is 6.18 Å². The van der Waals surface area contributed by atoms with Crippen LogP contribution in [0, 0.1) is 22.7 Å². The number of hydrogen-bond donors (Lipinski definition) is 0. The van der Waals surface area contributed by atoms with Gasteiger partial charge in [-0.2, -0.15) is 23.7 Å². The van der Waals surface area contributed by atoms with Crippen molar-refractivity contribution in [2.45, 2.75) is 6.18 Å². The van der Waals surface area contributed by atoms with Crippen molar-refractivity contribution in [2.24, 2.45) is 0 Å². The Bertz CT molecular complexity index is 3710. The first kappa shape index (κ1) is 34.6. The lowest BCUT2D eigenvalue weighted by Crippen LogP contribution is -2.10. The summed E-state index contributed by atoms with van der Waals surface area (Å²) in [6, 6.07) is 52.5. The molecule has 0 unspecified atom stereocenters. The molecule has 8 aromatic carbocycles. The summed E-state index contributed by atoms with van der Waals surface area (Å²) in [5.41, 5.74) is 3.32. The Morgan fingerprint density at radius 2 is 0.933 bits per heavy atom. The number of fused-ring (bicyclic) bond motifs is 14. The summed E-state index contributed by atoms with van der Waals surface area (Å²) in [5.74, 6) is 0. The van der Waals surface area contributed by atoms with Gasteiger partial charge in [0.15, 0.2) is 0 Å². The van der Waals surface area contributed by atoms with Crippen molar-refractivity contribution in [3.05, 3.63) is 168 Å². The molecule has 0 N–H and O–H groups in total. The molecule has 0 spiro atoms. The van der Waals surface area contributed by atoms with Gasteiger partial charge in [0.2, 0.25) is 0 Å². The highest BCUT2D eigenvalue weighted by molar-refractivity contribution is 7.27. The number of hydrogen-bond acceptors (Lipinski definition) is 4. The minimum atomic E-state index is -4.78. The molecule has 0 saturated carbocycles. The molecule has 0 aliphatic rings. The molecule has 60 heavy (non-hydrogen) atoms. The maximum Gasteiger partial charge on any atom is 0.417 e. The lowest BCUT2D eigenvalue weighted by Gasteiger charge is -2.21. The second kappa shape index (κ2) is 12.5. The molecule has 0 radical (unpaired) electrons. The number of nitrogens with zero attached hydrogens (tertiary/aromatic N) is 4. The van der Waals surface area contributed by atoms with Gasteiger partial charge in [0, 0.05) is 58.1 Å². The van der Waals surface area contributed by atoms with Crippen LogP contribution in [0.4, 0.5) is 13.2 Å². The Morgan fingerprint density at radius 3 is 1.42 bits per heavy atom. The molecule has 0 amide bonds. The fourth-order valence-corrected chi connectivity index (χ4v) is 11.9. The number of alkyl halides is 3. The highest BCUT2D eigenvalue weighted by Crippen LogP contribution is 2.48. The van der Waals surface area contributed by atoms with Crippen LogP contribution >= 0.6 is 22.7 Å². The summed E-state index contributed by atoms with van der Waals surface area (Å²) in [6.07, 6.45) is -4.78. The van der Waals surface area contributed by atoms with E-state index < -0.39 is 11.7 Å². The van der Waals surface area contributed by atoms with Crippen molar-refractivity contribution < 1.29 is 13.2 Å². The van der Waals surface area contributed by atoms with E-state index in [4.69, 9.17) is 0 Å². The van der Waals surface area contributed by atoms with E-state index in [-0.39, 0.29) is 22.3 Å². The van der Waals surface area contributed by atoms with Crippen molar-refractivity contribution in [3.8, 4) is 34.6 Å². The van der Waals surface area contributed by atoms with Crippen LogP contribution in [0.1, 0.15) is 16.7 Å². The number of nitriles is 2. The minimum Gasteiger partial charge on any atom is -0.306 e. The molecule has 4 heterocycles. The zero-order valence-corrected chi connectivity index (χ0v) is 32.8. The van der Waals surface area contributed by atoms with Gasteiger partial charge in [0.1, 0.15) is 11.6 Å². The van der Waals surface area contributed by atoms with Crippen LogP contribution in [0.5, 0.6) is 0 Å². The predicted molar refractivity (Wildman–Crippen MR) is 241 cm³/mol. The Morgan fingerprint density at radius 1 is 0.467 bits per heavy atom. The van der Waals surface area contributed by atoms with Crippen LogP contribution < -0.4 is 0 Å². The third-order valence-corrected chi connectivity index (χ3v) is 14.2.